The number of carbonyl (C=O) groups excluding carboxylic acids is 1. The molecule has 0 aliphatic carbocycles. The van der Waals surface area contributed by atoms with Gasteiger partial charge in [-0.1, -0.05) is 33.6 Å². The van der Waals surface area contributed by atoms with E-state index in [0.29, 0.717) is 5.92 Å². The zero-order chi connectivity index (χ0) is 11.7. The van der Waals surface area contributed by atoms with Crippen molar-refractivity contribution in [2.24, 2.45) is 5.92 Å². The monoisotopic (exact) mass is 232 g/mol. The summed E-state index contributed by atoms with van der Waals surface area (Å²) in [5.74, 6) is 1.71. The minimum atomic E-state index is -0.0581. The molecule has 90 valence electrons. The molecule has 0 saturated carbocycles. The summed E-state index contributed by atoms with van der Waals surface area (Å²) in [6.45, 7) is 6.56. The lowest BCUT2D eigenvalue weighted by Crippen LogP contribution is -2.19. The number of thioether (sulfide) groups is 1. The van der Waals surface area contributed by atoms with E-state index in [1.165, 1.54) is 13.5 Å². The fourth-order valence-electron chi connectivity index (χ4n) is 1.24. The predicted octanol–water partition coefficient (Wildman–Crippen LogP) is 3.50. The molecule has 2 nitrogen and oxygen atoms in total. The van der Waals surface area contributed by atoms with E-state index in [9.17, 15) is 4.79 Å². The first-order chi connectivity index (χ1) is 7.11. The molecular weight excluding hydrogens is 208 g/mol. The molecule has 0 heterocycles. The van der Waals surface area contributed by atoms with Gasteiger partial charge in [-0.2, -0.15) is 0 Å². The van der Waals surface area contributed by atoms with Gasteiger partial charge in [0.15, 0.2) is 0 Å². The first kappa shape index (κ1) is 14.8. The van der Waals surface area contributed by atoms with Gasteiger partial charge >= 0.3 is 5.97 Å². The number of unbranched alkanes of at least 4 members (excludes halogenated alkanes) is 1. The number of hydrogen-bond acceptors (Lipinski definition) is 3. The molecule has 0 N–H and O–H groups in total. The Bertz CT molecular complexity index is 169. The first-order valence-electron chi connectivity index (χ1n) is 5.81. The second-order valence-corrected chi connectivity index (χ2v) is 5.52. The highest BCUT2D eigenvalue weighted by Gasteiger charge is 2.18. The molecule has 1 unspecified atom stereocenters. The Hall–Kier alpha value is -0.180. The summed E-state index contributed by atoms with van der Waals surface area (Å²) in [4.78, 5) is 11.5. The average Bonchev–Trinajstić information content (AvgIpc) is 2.21. The van der Waals surface area contributed by atoms with Gasteiger partial charge in [-0.15, -0.1) is 11.8 Å². The Morgan fingerprint density at radius 3 is 2.47 bits per heavy atom. The van der Waals surface area contributed by atoms with Gasteiger partial charge in [-0.3, -0.25) is 4.79 Å². The number of rotatable bonds is 8. The summed E-state index contributed by atoms with van der Waals surface area (Å²) >= 11 is 1.75. The Morgan fingerprint density at radius 2 is 2.00 bits per heavy atom. The molecule has 0 spiro atoms. The summed E-state index contributed by atoms with van der Waals surface area (Å²) in [5, 5.41) is 0.0497. The summed E-state index contributed by atoms with van der Waals surface area (Å²) < 4.78 is 4.81. The zero-order valence-corrected chi connectivity index (χ0v) is 11.2. The van der Waals surface area contributed by atoms with Crippen LogP contribution in [0.25, 0.3) is 0 Å². The Morgan fingerprint density at radius 1 is 1.33 bits per heavy atom. The van der Waals surface area contributed by atoms with Gasteiger partial charge in [0.25, 0.3) is 0 Å². The lowest BCUT2D eigenvalue weighted by Gasteiger charge is -2.14. The number of methoxy groups -OCH3 is 1. The van der Waals surface area contributed by atoms with Crippen LogP contribution in [-0.4, -0.2) is 24.1 Å². The molecule has 0 aromatic carbocycles. The van der Waals surface area contributed by atoms with Crippen molar-refractivity contribution in [3.63, 3.8) is 0 Å². The summed E-state index contributed by atoms with van der Waals surface area (Å²) in [6.07, 6.45) is 4.36. The lowest BCUT2D eigenvalue weighted by atomic mass is 10.2. The van der Waals surface area contributed by atoms with Crippen LogP contribution in [0.2, 0.25) is 0 Å². The summed E-state index contributed by atoms with van der Waals surface area (Å²) in [6, 6.07) is 0. The molecule has 0 aromatic heterocycles. The van der Waals surface area contributed by atoms with E-state index in [0.717, 1.165) is 25.0 Å². The standard InChI is InChI=1S/C12H24O2S/c1-5-6-7-11(12(13)14-4)15-9-8-10(2)3/h10-11H,5-9H2,1-4H3. The van der Waals surface area contributed by atoms with Gasteiger partial charge in [0.05, 0.1) is 7.11 Å². The molecule has 0 fully saturated rings. The van der Waals surface area contributed by atoms with Crippen LogP contribution in [0.15, 0.2) is 0 Å². The van der Waals surface area contributed by atoms with Crippen molar-refractivity contribution in [2.45, 2.75) is 51.7 Å². The van der Waals surface area contributed by atoms with Crippen LogP contribution < -0.4 is 0 Å². The molecule has 15 heavy (non-hydrogen) atoms. The fraction of sp³-hybridized carbons (Fsp3) is 0.917. The van der Waals surface area contributed by atoms with Crippen molar-refractivity contribution in [3.8, 4) is 0 Å². The van der Waals surface area contributed by atoms with Crippen LogP contribution >= 0.6 is 11.8 Å². The number of carbonyl (C=O) groups is 1. The maximum absolute atomic E-state index is 11.5. The van der Waals surface area contributed by atoms with Crippen LogP contribution in [0.3, 0.4) is 0 Å². The van der Waals surface area contributed by atoms with Gasteiger partial charge in [-0.05, 0) is 24.5 Å². The van der Waals surface area contributed by atoms with Crippen molar-refractivity contribution in [1.82, 2.24) is 0 Å². The topological polar surface area (TPSA) is 26.3 Å². The highest BCUT2D eigenvalue weighted by atomic mass is 32.2. The average molecular weight is 232 g/mol. The Kier molecular flexibility index (Phi) is 8.97. The molecule has 0 aliphatic rings. The van der Waals surface area contributed by atoms with E-state index < -0.39 is 0 Å². The number of esters is 1. The Balaban J connectivity index is 3.84. The van der Waals surface area contributed by atoms with Crippen LogP contribution in [0.5, 0.6) is 0 Å². The minimum Gasteiger partial charge on any atom is -0.468 e. The highest BCUT2D eigenvalue weighted by Crippen LogP contribution is 2.21. The van der Waals surface area contributed by atoms with E-state index in [4.69, 9.17) is 4.74 Å². The van der Waals surface area contributed by atoms with E-state index in [-0.39, 0.29) is 11.2 Å². The molecule has 1 atom stereocenters. The van der Waals surface area contributed by atoms with Crippen molar-refractivity contribution >= 4 is 17.7 Å². The van der Waals surface area contributed by atoms with Crippen molar-refractivity contribution in [2.75, 3.05) is 12.9 Å². The normalized spacial score (nSPS) is 12.9. The van der Waals surface area contributed by atoms with Crippen molar-refractivity contribution < 1.29 is 9.53 Å². The molecule has 0 aliphatic heterocycles. The number of hydrogen-bond donors (Lipinski definition) is 0. The maximum Gasteiger partial charge on any atom is 0.318 e. The van der Waals surface area contributed by atoms with E-state index >= 15 is 0 Å². The van der Waals surface area contributed by atoms with Gasteiger partial charge < -0.3 is 4.74 Å². The molecule has 0 amide bonds. The van der Waals surface area contributed by atoms with Crippen LogP contribution in [-0.2, 0) is 9.53 Å². The van der Waals surface area contributed by atoms with E-state index in [1.54, 1.807) is 11.8 Å². The second kappa shape index (κ2) is 9.08. The molecule has 0 saturated heterocycles. The highest BCUT2D eigenvalue weighted by molar-refractivity contribution is 8.00. The largest absolute Gasteiger partial charge is 0.468 e. The molecule has 0 bridgehead atoms. The minimum absolute atomic E-state index is 0.0497. The van der Waals surface area contributed by atoms with Gasteiger partial charge in [0.2, 0.25) is 0 Å². The molecular formula is C12H24O2S. The quantitative estimate of drug-likeness (QED) is 0.599. The smallest absolute Gasteiger partial charge is 0.318 e. The third-order valence-corrected chi connectivity index (χ3v) is 3.60. The molecule has 0 radical (unpaired) electrons. The molecule has 0 aromatic rings. The Labute approximate surface area is 98.2 Å². The molecule has 3 heteroatoms. The molecule has 0 rings (SSSR count). The predicted molar refractivity (Wildman–Crippen MR) is 67.2 cm³/mol. The summed E-state index contributed by atoms with van der Waals surface area (Å²) in [5.41, 5.74) is 0. The fourth-order valence-corrected chi connectivity index (χ4v) is 2.69. The maximum atomic E-state index is 11.5. The van der Waals surface area contributed by atoms with Crippen molar-refractivity contribution in [3.05, 3.63) is 0 Å². The zero-order valence-electron chi connectivity index (χ0n) is 10.4. The van der Waals surface area contributed by atoms with Gasteiger partial charge in [0, 0.05) is 0 Å². The second-order valence-electron chi connectivity index (χ2n) is 4.21. The SMILES string of the molecule is CCCCC(SCCC(C)C)C(=O)OC. The van der Waals surface area contributed by atoms with Crippen LogP contribution in [0.1, 0.15) is 46.5 Å². The third-order valence-electron chi connectivity index (χ3n) is 2.30. The van der Waals surface area contributed by atoms with E-state index in [1.807, 2.05) is 0 Å². The lowest BCUT2D eigenvalue weighted by molar-refractivity contribution is -0.140. The van der Waals surface area contributed by atoms with Crippen LogP contribution in [0, 0.1) is 5.92 Å². The van der Waals surface area contributed by atoms with Gasteiger partial charge in [-0.25, -0.2) is 0 Å². The number of ether oxygens (including phenoxy) is 1. The van der Waals surface area contributed by atoms with Crippen LogP contribution in [0.4, 0.5) is 0 Å². The van der Waals surface area contributed by atoms with Crippen molar-refractivity contribution in [1.29, 1.82) is 0 Å². The summed E-state index contributed by atoms with van der Waals surface area (Å²) in [7, 11) is 1.48. The van der Waals surface area contributed by atoms with E-state index in [2.05, 4.69) is 20.8 Å². The third kappa shape index (κ3) is 7.71. The first-order valence-corrected chi connectivity index (χ1v) is 6.86. The van der Waals surface area contributed by atoms with Gasteiger partial charge in [0.1, 0.15) is 5.25 Å².